The van der Waals surface area contributed by atoms with E-state index in [4.69, 9.17) is 0 Å². The summed E-state index contributed by atoms with van der Waals surface area (Å²) in [5, 5.41) is 2.37. The van der Waals surface area contributed by atoms with Crippen LogP contribution in [-0.2, 0) is 33.2 Å². The molecular weight excluding hydrogens is 396 g/mol. The van der Waals surface area contributed by atoms with E-state index in [1.807, 2.05) is 42.5 Å². The van der Waals surface area contributed by atoms with Gasteiger partial charge in [0.15, 0.2) is 0 Å². The lowest BCUT2D eigenvalue weighted by Crippen LogP contribution is -2.26. The zero-order valence-corrected chi connectivity index (χ0v) is 17.3. The van der Waals surface area contributed by atoms with Crippen molar-refractivity contribution < 1.29 is 13.8 Å². The maximum Gasteiger partial charge on any atom is 0.258 e. The molecule has 0 spiro atoms. The Kier molecular flexibility index (Phi) is 5.47. The molecule has 6 heteroatoms. The number of pyridine rings is 1. The smallest absolute Gasteiger partial charge is 0.258 e. The Morgan fingerprint density at radius 3 is 2.50 bits per heavy atom. The second kappa shape index (κ2) is 8.21. The van der Waals surface area contributed by atoms with Crippen LogP contribution in [0, 0.1) is 17.3 Å². The molecule has 4 rings (SSSR count). The summed E-state index contributed by atoms with van der Waals surface area (Å²) in [5.74, 6) is 5.94. The third-order valence-electron chi connectivity index (χ3n) is 5.29. The molecule has 2 heterocycles. The van der Waals surface area contributed by atoms with Crippen molar-refractivity contribution in [3.05, 3.63) is 83.2 Å². The molecule has 0 radical (unpaired) electrons. The third kappa shape index (κ3) is 4.17. The number of carbonyl (C=O) groups excluding carboxylic acids is 2. The molecule has 0 saturated carbocycles. The van der Waals surface area contributed by atoms with Crippen LogP contribution >= 0.6 is 0 Å². The normalized spacial score (nSPS) is 21.0. The summed E-state index contributed by atoms with van der Waals surface area (Å²) in [4.78, 5) is 29.0. The lowest BCUT2D eigenvalue weighted by atomic mass is 9.73. The molecule has 0 saturated heterocycles. The van der Waals surface area contributed by atoms with Crippen molar-refractivity contribution in [2.24, 2.45) is 5.41 Å². The van der Waals surface area contributed by atoms with Crippen LogP contribution < -0.4 is 5.32 Å². The van der Waals surface area contributed by atoms with E-state index in [-0.39, 0.29) is 11.8 Å². The predicted molar refractivity (Wildman–Crippen MR) is 115 cm³/mol. The van der Waals surface area contributed by atoms with Gasteiger partial charge in [-0.1, -0.05) is 36.1 Å². The fourth-order valence-corrected chi connectivity index (χ4v) is 4.23. The highest BCUT2D eigenvalue weighted by Gasteiger charge is 2.39. The van der Waals surface area contributed by atoms with Gasteiger partial charge in [-0.3, -0.25) is 24.1 Å². The molecule has 1 aromatic carbocycles. The van der Waals surface area contributed by atoms with Gasteiger partial charge in [-0.25, -0.2) is 0 Å². The van der Waals surface area contributed by atoms with Crippen LogP contribution in [0.5, 0.6) is 0 Å². The summed E-state index contributed by atoms with van der Waals surface area (Å²) < 4.78 is 11.7. The first kappa shape index (κ1) is 20.0. The van der Waals surface area contributed by atoms with Gasteiger partial charge in [0.25, 0.3) is 11.8 Å². The van der Waals surface area contributed by atoms with Crippen LogP contribution in [0.15, 0.2) is 77.0 Å². The quantitative estimate of drug-likeness (QED) is 0.614. The van der Waals surface area contributed by atoms with Gasteiger partial charge < -0.3 is 0 Å². The number of nitrogens with zero attached hydrogens (tertiary/aromatic N) is 1. The molecule has 0 fully saturated rings. The standard InChI is InChI=1S/C24H20N2O3S/c1-30(29)19-6-4-18(5-7-19)15-24(11-2-3-17-9-13-25-14-10-17)12-8-20-21(16-24)23(28)26-22(20)27/h4-10,12-14H,3,15-16H2,1H3,(H,26,27,28). The van der Waals surface area contributed by atoms with Crippen LogP contribution in [0.4, 0.5) is 0 Å². The van der Waals surface area contributed by atoms with E-state index in [9.17, 15) is 13.8 Å². The zero-order valence-electron chi connectivity index (χ0n) is 16.5. The summed E-state index contributed by atoms with van der Waals surface area (Å²) in [7, 11) is -1.04. The van der Waals surface area contributed by atoms with Crippen LogP contribution in [0.2, 0.25) is 0 Å². The Hall–Kier alpha value is -3.30. The highest BCUT2D eigenvalue weighted by molar-refractivity contribution is 7.84. The summed E-state index contributed by atoms with van der Waals surface area (Å²) in [6.45, 7) is 0. The fraction of sp³-hybridized carbons (Fsp3) is 0.208. The number of nitrogens with one attached hydrogen (secondary N) is 1. The van der Waals surface area contributed by atoms with Gasteiger partial charge in [-0.15, -0.1) is 0 Å². The van der Waals surface area contributed by atoms with Gasteiger partial charge in [0.2, 0.25) is 0 Å². The first-order valence-electron chi connectivity index (χ1n) is 9.55. The average molecular weight is 417 g/mol. The number of rotatable bonds is 4. The molecule has 150 valence electrons. The van der Waals surface area contributed by atoms with Crippen LogP contribution in [0.1, 0.15) is 17.5 Å². The van der Waals surface area contributed by atoms with Gasteiger partial charge in [-0.05, 0) is 48.2 Å². The number of imide groups is 1. The largest absolute Gasteiger partial charge is 0.288 e. The molecule has 1 aliphatic carbocycles. The molecule has 2 aliphatic rings. The molecule has 5 nitrogen and oxygen atoms in total. The Morgan fingerprint density at radius 1 is 1.07 bits per heavy atom. The SMILES string of the molecule is CS(=O)c1ccc(CC2(C#CCc3ccncc3)C=CC3=C(C2)C(=O)NC3=O)cc1. The van der Waals surface area contributed by atoms with Crippen LogP contribution in [0.25, 0.3) is 0 Å². The molecule has 2 unspecified atom stereocenters. The molecular formula is C24H20N2O3S. The number of hydrogen-bond acceptors (Lipinski definition) is 4. The minimum Gasteiger partial charge on any atom is -0.288 e. The minimum absolute atomic E-state index is 0.337. The van der Waals surface area contributed by atoms with E-state index < -0.39 is 16.2 Å². The van der Waals surface area contributed by atoms with Crippen LogP contribution in [-0.4, -0.2) is 27.3 Å². The Morgan fingerprint density at radius 2 is 1.80 bits per heavy atom. The Balaban J connectivity index is 1.65. The van der Waals surface area contributed by atoms with Gasteiger partial charge in [0.1, 0.15) is 0 Å². The number of amides is 2. The molecule has 0 bridgehead atoms. The van der Waals surface area contributed by atoms with E-state index in [0.717, 1.165) is 16.0 Å². The topological polar surface area (TPSA) is 76.1 Å². The third-order valence-corrected chi connectivity index (χ3v) is 6.22. The molecule has 30 heavy (non-hydrogen) atoms. The monoisotopic (exact) mass is 416 g/mol. The summed E-state index contributed by atoms with van der Waals surface area (Å²) in [6, 6.07) is 11.4. The number of carbonyl (C=O) groups is 2. The lowest BCUT2D eigenvalue weighted by molar-refractivity contribution is -0.124. The van der Waals surface area contributed by atoms with Crippen molar-refractivity contribution in [1.29, 1.82) is 0 Å². The second-order valence-electron chi connectivity index (χ2n) is 7.45. The Labute approximate surface area is 177 Å². The van der Waals surface area contributed by atoms with Crippen molar-refractivity contribution in [2.45, 2.75) is 24.2 Å². The highest BCUT2D eigenvalue weighted by atomic mass is 32.2. The Bertz CT molecular complexity index is 1150. The predicted octanol–water partition coefficient (Wildman–Crippen LogP) is 2.51. The zero-order chi connectivity index (χ0) is 21.1. The van der Waals surface area contributed by atoms with Gasteiger partial charge in [0.05, 0.1) is 5.41 Å². The minimum atomic E-state index is -1.04. The first-order chi connectivity index (χ1) is 14.5. The van der Waals surface area contributed by atoms with Crippen molar-refractivity contribution in [3.63, 3.8) is 0 Å². The summed E-state index contributed by atoms with van der Waals surface area (Å²) in [6.07, 6.45) is 10.3. The molecule has 1 aliphatic heterocycles. The number of allylic oxidation sites excluding steroid dienone is 1. The average Bonchev–Trinajstić information content (AvgIpc) is 3.02. The van der Waals surface area contributed by atoms with E-state index in [2.05, 4.69) is 22.1 Å². The number of aromatic nitrogens is 1. The fourth-order valence-electron chi connectivity index (χ4n) is 3.71. The second-order valence-corrected chi connectivity index (χ2v) is 8.83. The summed E-state index contributed by atoms with van der Waals surface area (Å²) >= 11 is 0. The van der Waals surface area contributed by atoms with Crippen LogP contribution in [0.3, 0.4) is 0 Å². The van der Waals surface area contributed by atoms with E-state index >= 15 is 0 Å². The lowest BCUT2D eigenvalue weighted by Gasteiger charge is -2.28. The molecule has 2 amide bonds. The van der Waals surface area contributed by atoms with Gasteiger partial charge in [-0.2, -0.15) is 0 Å². The van der Waals surface area contributed by atoms with E-state index in [1.165, 1.54) is 0 Å². The van der Waals surface area contributed by atoms with Crippen molar-refractivity contribution in [3.8, 4) is 11.8 Å². The number of hydrogen-bond donors (Lipinski definition) is 1. The maximum absolute atomic E-state index is 12.3. The molecule has 1 aromatic heterocycles. The number of benzene rings is 1. The van der Waals surface area contributed by atoms with E-state index in [0.29, 0.717) is 30.4 Å². The molecule has 2 aromatic rings. The van der Waals surface area contributed by atoms with Gasteiger partial charge in [0, 0.05) is 51.9 Å². The van der Waals surface area contributed by atoms with Crippen molar-refractivity contribution in [1.82, 2.24) is 10.3 Å². The molecule has 2 atom stereocenters. The maximum atomic E-state index is 12.3. The first-order valence-corrected chi connectivity index (χ1v) is 11.1. The highest BCUT2D eigenvalue weighted by Crippen LogP contribution is 2.39. The molecule has 1 N–H and O–H groups in total. The van der Waals surface area contributed by atoms with Crippen molar-refractivity contribution >= 4 is 22.6 Å². The summed E-state index contributed by atoms with van der Waals surface area (Å²) in [5.41, 5.74) is 2.42. The van der Waals surface area contributed by atoms with Gasteiger partial charge >= 0.3 is 0 Å². The van der Waals surface area contributed by atoms with E-state index in [1.54, 1.807) is 24.7 Å². The van der Waals surface area contributed by atoms with Crippen molar-refractivity contribution in [2.75, 3.05) is 6.26 Å².